The summed E-state index contributed by atoms with van der Waals surface area (Å²) in [6, 6.07) is 0.858. The largest absolute Gasteiger partial charge is 0.443 e. The Morgan fingerprint density at radius 1 is 1.39 bits per heavy atom. The molecular weight excluding hydrogens is 234 g/mol. The highest BCUT2D eigenvalue weighted by molar-refractivity contribution is 5.67. The van der Waals surface area contributed by atoms with E-state index in [4.69, 9.17) is 9.47 Å². The number of ether oxygens (including phenoxy) is 2. The van der Waals surface area contributed by atoms with Crippen LogP contribution in [0, 0.1) is 0 Å². The maximum Gasteiger partial charge on any atom is 0.422 e. The molecule has 6 heteroatoms. The summed E-state index contributed by atoms with van der Waals surface area (Å²) in [5.74, 6) is 0. The summed E-state index contributed by atoms with van der Waals surface area (Å²) < 4.78 is 10.3. The Kier molecular flexibility index (Phi) is 4.09. The molecule has 1 atom stereocenters. The third kappa shape index (κ3) is 3.83. The summed E-state index contributed by atoms with van der Waals surface area (Å²) in [4.78, 5) is 13.9. The molecule has 2 heterocycles. The molecule has 1 amide bonds. The summed E-state index contributed by atoms with van der Waals surface area (Å²) in [7, 11) is 0. The van der Waals surface area contributed by atoms with E-state index in [9.17, 15) is 4.79 Å². The molecule has 2 aliphatic rings. The molecule has 2 N–H and O–H groups in total. The maximum atomic E-state index is 11.5. The first-order valence-corrected chi connectivity index (χ1v) is 6.50. The van der Waals surface area contributed by atoms with E-state index in [1.165, 1.54) is 0 Å². The van der Waals surface area contributed by atoms with Crippen molar-refractivity contribution in [3.63, 3.8) is 0 Å². The zero-order valence-corrected chi connectivity index (χ0v) is 11.4. The molecule has 0 aromatic rings. The van der Waals surface area contributed by atoms with Crippen molar-refractivity contribution in [2.45, 2.75) is 44.9 Å². The highest BCUT2D eigenvalue weighted by Gasteiger charge is 2.32. The predicted octanol–water partition coefficient (Wildman–Crippen LogP) is 0.489. The van der Waals surface area contributed by atoms with Crippen molar-refractivity contribution in [2.24, 2.45) is 0 Å². The van der Waals surface area contributed by atoms with Gasteiger partial charge in [-0.15, -0.1) is 0 Å². The summed E-state index contributed by atoms with van der Waals surface area (Å²) >= 11 is 0. The molecule has 0 spiro atoms. The molecule has 2 aliphatic heterocycles. The van der Waals surface area contributed by atoms with Gasteiger partial charge in [0.2, 0.25) is 0 Å². The van der Waals surface area contributed by atoms with Crippen molar-refractivity contribution in [3.05, 3.63) is 0 Å². The van der Waals surface area contributed by atoms with Crippen LogP contribution in [0.1, 0.15) is 27.2 Å². The second-order valence-electron chi connectivity index (χ2n) is 5.94. The number of hydrogen-bond acceptors (Lipinski definition) is 5. The van der Waals surface area contributed by atoms with Gasteiger partial charge < -0.3 is 9.47 Å². The van der Waals surface area contributed by atoms with E-state index in [0.717, 1.165) is 32.7 Å². The second kappa shape index (κ2) is 5.42. The monoisotopic (exact) mass is 257 g/mol. The third-order valence-electron chi connectivity index (χ3n) is 3.13. The van der Waals surface area contributed by atoms with Crippen molar-refractivity contribution in [1.82, 2.24) is 15.8 Å². The van der Waals surface area contributed by atoms with Crippen LogP contribution < -0.4 is 10.9 Å². The molecule has 0 unspecified atom stereocenters. The third-order valence-corrected chi connectivity index (χ3v) is 3.13. The lowest BCUT2D eigenvalue weighted by atomic mass is 10.2. The van der Waals surface area contributed by atoms with Crippen molar-refractivity contribution >= 4 is 6.09 Å². The molecule has 104 valence electrons. The lowest BCUT2D eigenvalue weighted by Crippen LogP contribution is -2.51. The number of hydrazine groups is 1. The van der Waals surface area contributed by atoms with Gasteiger partial charge in [0.1, 0.15) is 5.60 Å². The van der Waals surface area contributed by atoms with E-state index in [-0.39, 0.29) is 6.04 Å². The fourth-order valence-electron chi connectivity index (χ4n) is 2.14. The Labute approximate surface area is 108 Å². The SMILES string of the molecule is CC(C)(C)OC(=O)NN[C@H]1CCN(C2COC2)C1. The lowest BCUT2D eigenvalue weighted by molar-refractivity contribution is -0.0576. The fourth-order valence-corrected chi connectivity index (χ4v) is 2.14. The number of nitrogens with zero attached hydrogens (tertiary/aromatic N) is 1. The first-order chi connectivity index (χ1) is 8.44. The first-order valence-electron chi connectivity index (χ1n) is 6.50. The van der Waals surface area contributed by atoms with Gasteiger partial charge in [-0.3, -0.25) is 10.3 Å². The number of likely N-dealkylation sites (tertiary alicyclic amines) is 1. The van der Waals surface area contributed by atoms with Crippen LogP contribution in [-0.4, -0.2) is 55.0 Å². The van der Waals surface area contributed by atoms with Gasteiger partial charge in [-0.25, -0.2) is 10.2 Å². The van der Waals surface area contributed by atoms with Crippen LogP contribution in [0.4, 0.5) is 4.79 Å². The van der Waals surface area contributed by atoms with Crippen molar-refractivity contribution < 1.29 is 14.3 Å². The molecule has 2 fully saturated rings. The van der Waals surface area contributed by atoms with Gasteiger partial charge in [0.05, 0.1) is 19.3 Å². The van der Waals surface area contributed by atoms with Crippen LogP contribution in [0.5, 0.6) is 0 Å². The van der Waals surface area contributed by atoms with Crippen LogP contribution in [0.2, 0.25) is 0 Å². The minimum absolute atomic E-state index is 0.290. The minimum atomic E-state index is -0.462. The molecule has 2 rings (SSSR count). The Bertz CT molecular complexity index is 299. The molecular formula is C12H23N3O3. The summed E-state index contributed by atoms with van der Waals surface area (Å²) in [6.45, 7) is 9.23. The van der Waals surface area contributed by atoms with Crippen molar-refractivity contribution in [3.8, 4) is 0 Å². The van der Waals surface area contributed by atoms with E-state index in [2.05, 4.69) is 15.8 Å². The number of carbonyl (C=O) groups is 1. The van der Waals surface area contributed by atoms with E-state index >= 15 is 0 Å². The Balaban J connectivity index is 1.64. The van der Waals surface area contributed by atoms with Crippen LogP contribution in [0.15, 0.2) is 0 Å². The lowest BCUT2D eigenvalue weighted by Gasteiger charge is -2.34. The fraction of sp³-hybridized carbons (Fsp3) is 0.917. The highest BCUT2D eigenvalue weighted by atomic mass is 16.6. The van der Waals surface area contributed by atoms with Gasteiger partial charge in [0, 0.05) is 19.1 Å². The van der Waals surface area contributed by atoms with Gasteiger partial charge in [-0.1, -0.05) is 0 Å². The van der Waals surface area contributed by atoms with E-state index in [1.807, 2.05) is 20.8 Å². The van der Waals surface area contributed by atoms with Crippen molar-refractivity contribution in [2.75, 3.05) is 26.3 Å². The molecule has 6 nitrogen and oxygen atoms in total. The minimum Gasteiger partial charge on any atom is -0.443 e. The van der Waals surface area contributed by atoms with Crippen molar-refractivity contribution in [1.29, 1.82) is 0 Å². The smallest absolute Gasteiger partial charge is 0.422 e. The molecule has 2 saturated heterocycles. The molecule has 0 aliphatic carbocycles. The standard InChI is InChI=1S/C12H23N3O3/c1-12(2,3)18-11(16)14-13-9-4-5-15(6-9)10-7-17-8-10/h9-10,13H,4-8H2,1-3H3,(H,14,16)/t9-/m0/s1. The maximum absolute atomic E-state index is 11.5. The van der Waals surface area contributed by atoms with E-state index < -0.39 is 11.7 Å². The topological polar surface area (TPSA) is 62.8 Å². The molecule has 0 saturated carbocycles. The first kappa shape index (κ1) is 13.6. The zero-order chi connectivity index (χ0) is 13.2. The van der Waals surface area contributed by atoms with Crippen LogP contribution >= 0.6 is 0 Å². The second-order valence-corrected chi connectivity index (χ2v) is 5.94. The molecule has 0 aromatic heterocycles. The molecule has 0 aromatic carbocycles. The number of carbonyl (C=O) groups excluding carboxylic acids is 1. The van der Waals surface area contributed by atoms with Crippen LogP contribution in [-0.2, 0) is 9.47 Å². The summed E-state index contributed by atoms with van der Waals surface area (Å²) in [5.41, 5.74) is 5.18. The average molecular weight is 257 g/mol. The molecule has 0 radical (unpaired) electrons. The van der Waals surface area contributed by atoms with Gasteiger partial charge in [-0.2, -0.15) is 0 Å². The van der Waals surface area contributed by atoms with Crippen LogP contribution in [0.25, 0.3) is 0 Å². The zero-order valence-electron chi connectivity index (χ0n) is 11.4. The predicted molar refractivity (Wildman–Crippen MR) is 67.1 cm³/mol. The highest BCUT2D eigenvalue weighted by Crippen LogP contribution is 2.17. The Hall–Kier alpha value is -0.850. The number of hydrogen-bond donors (Lipinski definition) is 2. The van der Waals surface area contributed by atoms with Gasteiger partial charge in [0.15, 0.2) is 0 Å². The Morgan fingerprint density at radius 3 is 2.67 bits per heavy atom. The number of nitrogens with one attached hydrogen (secondary N) is 2. The average Bonchev–Trinajstić information content (AvgIpc) is 2.58. The van der Waals surface area contributed by atoms with Gasteiger partial charge in [0.25, 0.3) is 0 Å². The number of amides is 1. The Morgan fingerprint density at radius 2 is 2.11 bits per heavy atom. The van der Waals surface area contributed by atoms with E-state index in [1.54, 1.807) is 0 Å². The van der Waals surface area contributed by atoms with Gasteiger partial charge in [-0.05, 0) is 27.2 Å². The van der Waals surface area contributed by atoms with Crippen LogP contribution in [0.3, 0.4) is 0 Å². The summed E-state index contributed by atoms with van der Waals surface area (Å²) in [6.07, 6.45) is 0.611. The number of rotatable bonds is 3. The normalized spacial score (nSPS) is 25.8. The molecule has 0 bridgehead atoms. The molecule has 18 heavy (non-hydrogen) atoms. The summed E-state index contributed by atoms with van der Waals surface area (Å²) in [5, 5.41) is 0. The quantitative estimate of drug-likeness (QED) is 0.720. The van der Waals surface area contributed by atoms with E-state index in [0.29, 0.717) is 6.04 Å². The van der Waals surface area contributed by atoms with Gasteiger partial charge >= 0.3 is 6.09 Å².